The highest BCUT2D eigenvalue weighted by Gasteiger charge is 2.15. The molecule has 2 N–H and O–H groups in total. The summed E-state index contributed by atoms with van der Waals surface area (Å²) in [5, 5.41) is 8.94. The molecule has 1 heterocycles. The van der Waals surface area contributed by atoms with Gasteiger partial charge in [-0.25, -0.2) is 17.5 Å². The monoisotopic (exact) mass is 299 g/mol. The van der Waals surface area contributed by atoms with Crippen molar-refractivity contribution in [2.45, 2.75) is 17.9 Å². The fourth-order valence-corrected chi connectivity index (χ4v) is 2.77. The molecular weight excluding hydrogens is 285 g/mol. The van der Waals surface area contributed by atoms with Gasteiger partial charge in [0.05, 0.1) is 17.8 Å². The molecule has 0 aliphatic rings. The molecule has 1 aromatic heterocycles. The molecule has 0 unspecified atom stereocenters. The molecule has 1 aromatic carbocycles. The van der Waals surface area contributed by atoms with Crippen molar-refractivity contribution in [3.63, 3.8) is 0 Å². The third-order valence-corrected chi connectivity index (χ3v) is 4.20. The van der Waals surface area contributed by atoms with E-state index in [1.54, 1.807) is 12.1 Å². The van der Waals surface area contributed by atoms with Gasteiger partial charge in [-0.3, -0.25) is 0 Å². The van der Waals surface area contributed by atoms with Gasteiger partial charge in [0.2, 0.25) is 10.0 Å². The van der Waals surface area contributed by atoms with Crippen LogP contribution >= 0.6 is 0 Å². The van der Waals surface area contributed by atoms with Crippen LogP contribution in [0.3, 0.4) is 0 Å². The topological polar surface area (TPSA) is 79.5 Å². The van der Waals surface area contributed by atoms with Crippen molar-refractivity contribution < 1.29 is 22.3 Å². The lowest BCUT2D eigenvalue weighted by atomic mass is 10.2. The normalized spacial score (nSPS) is 11.7. The Morgan fingerprint density at radius 3 is 2.75 bits per heavy atom. The van der Waals surface area contributed by atoms with E-state index in [-0.39, 0.29) is 17.0 Å². The molecule has 0 saturated carbocycles. The molecule has 0 fully saturated rings. The molecule has 5 nitrogen and oxygen atoms in total. The number of nitrogens with one attached hydrogen (secondary N) is 1. The SMILES string of the molecule is O=S(=O)(NCCc1ccco1)c1ccc(F)c(CO)c1. The first-order valence-electron chi connectivity index (χ1n) is 5.94. The Bertz CT molecular complexity index is 668. The van der Waals surface area contributed by atoms with Crippen molar-refractivity contribution in [3.05, 3.63) is 53.7 Å². The molecule has 2 rings (SSSR count). The number of aliphatic hydroxyl groups excluding tert-OH is 1. The van der Waals surface area contributed by atoms with E-state index in [9.17, 15) is 12.8 Å². The molecule has 0 aliphatic heterocycles. The predicted octanol–water partition coefficient (Wildman–Crippen LogP) is 1.43. The van der Waals surface area contributed by atoms with Crippen LogP contribution in [0.25, 0.3) is 0 Å². The van der Waals surface area contributed by atoms with Gasteiger partial charge in [-0.1, -0.05) is 0 Å². The number of halogens is 1. The minimum Gasteiger partial charge on any atom is -0.469 e. The van der Waals surface area contributed by atoms with E-state index in [0.29, 0.717) is 12.2 Å². The summed E-state index contributed by atoms with van der Waals surface area (Å²) in [7, 11) is -3.73. The van der Waals surface area contributed by atoms with Gasteiger partial charge in [0.1, 0.15) is 11.6 Å². The minimum atomic E-state index is -3.73. The Labute approximate surface area is 116 Å². The summed E-state index contributed by atoms with van der Waals surface area (Å²) in [4.78, 5) is -0.0811. The van der Waals surface area contributed by atoms with Crippen LogP contribution in [0.2, 0.25) is 0 Å². The number of benzene rings is 1. The molecule has 108 valence electrons. The van der Waals surface area contributed by atoms with Crippen LogP contribution in [0.4, 0.5) is 4.39 Å². The molecule has 0 aliphatic carbocycles. The number of rotatable bonds is 6. The Morgan fingerprint density at radius 1 is 1.30 bits per heavy atom. The van der Waals surface area contributed by atoms with Gasteiger partial charge < -0.3 is 9.52 Å². The van der Waals surface area contributed by atoms with Gasteiger partial charge >= 0.3 is 0 Å². The summed E-state index contributed by atoms with van der Waals surface area (Å²) in [6.07, 6.45) is 1.93. The quantitative estimate of drug-likeness (QED) is 0.845. The van der Waals surface area contributed by atoms with Crippen molar-refractivity contribution in [3.8, 4) is 0 Å². The highest BCUT2D eigenvalue weighted by molar-refractivity contribution is 7.89. The van der Waals surface area contributed by atoms with E-state index in [1.165, 1.54) is 6.26 Å². The molecule has 0 atom stereocenters. The smallest absolute Gasteiger partial charge is 0.240 e. The fraction of sp³-hybridized carbons (Fsp3) is 0.231. The second-order valence-electron chi connectivity index (χ2n) is 4.14. The lowest BCUT2D eigenvalue weighted by molar-refractivity contribution is 0.275. The molecule has 7 heteroatoms. The van der Waals surface area contributed by atoms with E-state index < -0.39 is 22.4 Å². The van der Waals surface area contributed by atoms with Gasteiger partial charge in [0.15, 0.2) is 0 Å². The van der Waals surface area contributed by atoms with E-state index in [0.717, 1.165) is 18.2 Å². The van der Waals surface area contributed by atoms with Crippen molar-refractivity contribution in [1.82, 2.24) is 4.72 Å². The maximum Gasteiger partial charge on any atom is 0.240 e. The average molecular weight is 299 g/mol. The first kappa shape index (κ1) is 14.7. The van der Waals surface area contributed by atoms with Crippen LogP contribution in [0.5, 0.6) is 0 Å². The standard InChI is InChI=1S/C13H14FNO4S/c14-13-4-3-12(8-10(13)9-16)20(17,18)15-6-5-11-2-1-7-19-11/h1-4,7-8,15-16H,5-6,9H2. The lowest BCUT2D eigenvalue weighted by Crippen LogP contribution is -2.26. The fourth-order valence-electron chi connectivity index (χ4n) is 1.69. The molecule has 0 spiro atoms. The van der Waals surface area contributed by atoms with Crippen LogP contribution < -0.4 is 4.72 Å². The Balaban J connectivity index is 2.06. The van der Waals surface area contributed by atoms with Gasteiger partial charge in [-0.05, 0) is 30.3 Å². The summed E-state index contributed by atoms with van der Waals surface area (Å²) >= 11 is 0. The van der Waals surface area contributed by atoms with Gasteiger partial charge in [0.25, 0.3) is 0 Å². The second-order valence-corrected chi connectivity index (χ2v) is 5.91. The number of hydrogen-bond acceptors (Lipinski definition) is 4. The van der Waals surface area contributed by atoms with Gasteiger partial charge in [-0.15, -0.1) is 0 Å². The van der Waals surface area contributed by atoms with Crippen molar-refractivity contribution in [2.75, 3.05) is 6.54 Å². The average Bonchev–Trinajstić information content (AvgIpc) is 2.92. The zero-order chi connectivity index (χ0) is 14.6. The van der Waals surface area contributed by atoms with Crippen LogP contribution in [0.1, 0.15) is 11.3 Å². The largest absolute Gasteiger partial charge is 0.469 e. The molecule has 2 aromatic rings. The maximum absolute atomic E-state index is 13.2. The first-order chi connectivity index (χ1) is 9.53. The van der Waals surface area contributed by atoms with Crippen molar-refractivity contribution in [1.29, 1.82) is 0 Å². The highest BCUT2D eigenvalue weighted by atomic mass is 32.2. The number of sulfonamides is 1. The van der Waals surface area contributed by atoms with Crippen molar-refractivity contribution >= 4 is 10.0 Å². The van der Waals surface area contributed by atoms with Crippen LogP contribution in [-0.2, 0) is 23.1 Å². The number of aliphatic hydroxyl groups is 1. The third kappa shape index (κ3) is 3.44. The number of furan rings is 1. The molecule has 0 amide bonds. The van der Waals surface area contributed by atoms with E-state index in [4.69, 9.17) is 9.52 Å². The van der Waals surface area contributed by atoms with E-state index >= 15 is 0 Å². The molecule has 20 heavy (non-hydrogen) atoms. The van der Waals surface area contributed by atoms with E-state index in [1.807, 2.05) is 0 Å². The summed E-state index contributed by atoms with van der Waals surface area (Å²) in [6.45, 7) is -0.386. The second kappa shape index (κ2) is 6.17. The predicted molar refractivity (Wildman–Crippen MR) is 69.9 cm³/mol. The molecule has 0 saturated heterocycles. The minimum absolute atomic E-state index is 0.0566. The zero-order valence-corrected chi connectivity index (χ0v) is 11.4. The highest BCUT2D eigenvalue weighted by Crippen LogP contribution is 2.15. The summed E-state index contributed by atoms with van der Waals surface area (Å²) in [5.41, 5.74) is -0.0566. The first-order valence-corrected chi connectivity index (χ1v) is 7.42. The van der Waals surface area contributed by atoms with Crippen LogP contribution in [0.15, 0.2) is 45.9 Å². The number of hydrogen-bond donors (Lipinski definition) is 2. The van der Waals surface area contributed by atoms with Crippen LogP contribution in [0, 0.1) is 5.82 Å². The Hall–Kier alpha value is -1.70. The Kier molecular flexibility index (Phi) is 4.53. The summed E-state index contributed by atoms with van der Waals surface area (Å²) in [5.74, 6) is 0.0323. The molecular formula is C13H14FNO4S. The lowest BCUT2D eigenvalue weighted by Gasteiger charge is -2.07. The van der Waals surface area contributed by atoms with E-state index in [2.05, 4.69) is 4.72 Å². The zero-order valence-electron chi connectivity index (χ0n) is 10.5. The maximum atomic E-state index is 13.2. The third-order valence-electron chi connectivity index (χ3n) is 2.74. The summed E-state index contributed by atoms with van der Waals surface area (Å²) < 4.78 is 44.7. The molecule has 0 bridgehead atoms. The summed E-state index contributed by atoms with van der Waals surface area (Å²) in [6, 6.07) is 6.76. The van der Waals surface area contributed by atoms with Crippen molar-refractivity contribution in [2.24, 2.45) is 0 Å². The van der Waals surface area contributed by atoms with Gasteiger partial charge in [-0.2, -0.15) is 0 Å². The molecule has 0 radical (unpaired) electrons. The Morgan fingerprint density at radius 2 is 2.10 bits per heavy atom. The van der Waals surface area contributed by atoms with Crippen LogP contribution in [-0.4, -0.2) is 20.1 Å². The van der Waals surface area contributed by atoms with Gasteiger partial charge in [0, 0.05) is 18.5 Å².